The third kappa shape index (κ3) is 3.58. The summed E-state index contributed by atoms with van der Waals surface area (Å²) in [6.45, 7) is 2.92. The van der Waals surface area contributed by atoms with Crippen molar-refractivity contribution in [3.8, 4) is 0 Å². The molecule has 6 nitrogen and oxygen atoms in total. The normalized spacial score (nSPS) is 19.7. The number of rotatable bonds is 6. The predicted molar refractivity (Wildman–Crippen MR) is 92.9 cm³/mol. The number of carbonyl (C=O) groups excluding carboxylic acids is 1. The molecule has 1 atom stereocenters. The summed E-state index contributed by atoms with van der Waals surface area (Å²) in [5.41, 5.74) is 3.08. The van der Waals surface area contributed by atoms with Gasteiger partial charge >= 0.3 is 0 Å². The Morgan fingerprint density at radius 2 is 2.20 bits per heavy atom. The van der Waals surface area contributed by atoms with Crippen LogP contribution in [0, 0.1) is 5.92 Å². The van der Waals surface area contributed by atoms with Crippen molar-refractivity contribution >= 4 is 5.91 Å². The second-order valence-electron chi connectivity index (χ2n) is 7.10. The van der Waals surface area contributed by atoms with E-state index in [1.54, 1.807) is 13.3 Å². The minimum atomic E-state index is 0.0993. The lowest BCUT2D eigenvalue weighted by Crippen LogP contribution is -2.41. The lowest BCUT2D eigenvalue weighted by Gasteiger charge is -2.33. The molecule has 1 fully saturated rings. The van der Waals surface area contributed by atoms with Crippen LogP contribution in [0.4, 0.5) is 0 Å². The van der Waals surface area contributed by atoms with E-state index in [2.05, 4.69) is 14.5 Å². The van der Waals surface area contributed by atoms with Gasteiger partial charge in [-0.05, 0) is 30.9 Å². The molecule has 0 bridgehead atoms. The number of aromatic nitrogens is 3. The van der Waals surface area contributed by atoms with Crippen LogP contribution in [-0.2, 0) is 29.0 Å². The first kappa shape index (κ1) is 16.3. The highest BCUT2D eigenvalue weighted by Crippen LogP contribution is 2.34. The third-order valence-corrected chi connectivity index (χ3v) is 5.06. The Morgan fingerprint density at radius 3 is 2.92 bits per heavy atom. The van der Waals surface area contributed by atoms with E-state index in [4.69, 9.17) is 4.74 Å². The Bertz CT molecular complexity index is 739. The Balaban J connectivity index is 1.52. The van der Waals surface area contributed by atoms with Gasteiger partial charge in [0.1, 0.15) is 0 Å². The minimum absolute atomic E-state index is 0.0993. The first-order valence-corrected chi connectivity index (χ1v) is 8.95. The van der Waals surface area contributed by atoms with Crippen LogP contribution >= 0.6 is 0 Å². The number of ether oxygens (including phenoxy) is 1. The van der Waals surface area contributed by atoms with Crippen molar-refractivity contribution in [2.75, 3.05) is 20.3 Å². The zero-order valence-electron chi connectivity index (χ0n) is 14.6. The van der Waals surface area contributed by atoms with Gasteiger partial charge in [0.15, 0.2) is 0 Å². The molecule has 25 heavy (non-hydrogen) atoms. The van der Waals surface area contributed by atoms with Gasteiger partial charge in [-0.1, -0.05) is 6.07 Å². The van der Waals surface area contributed by atoms with Crippen LogP contribution in [0.3, 0.4) is 0 Å². The molecule has 0 spiro atoms. The van der Waals surface area contributed by atoms with E-state index in [0.717, 1.165) is 23.9 Å². The molecule has 1 amide bonds. The SMILES string of the molecule is COC[C@H]1CN(C(=O)Cc2ccccn2)Cc2ncn(CC3CC3)c21. The first-order valence-electron chi connectivity index (χ1n) is 8.95. The van der Waals surface area contributed by atoms with Gasteiger partial charge in [-0.25, -0.2) is 4.98 Å². The fourth-order valence-corrected chi connectivity index (χ4v) is 3.64. The maximum absolute atomic E-state index is 12.7. The number of hydrogen-bond acceptors (Lipinski definition) is 4. The van der Waals surface area contributed by atoms with Gasteiger partial charge in [0, 0.05) is 43.7 Å². The second-order valence-corrected chi connectivity index (χ2v) is 7.10. The van der Waals surface area contributed by atoms with Gasteiger partial charge in [0.2, 0.25) is 5.91 Å². The smallest absolute Gasteiger partial charge is 0.228 e. The highest BCUT2D eigenvalue weighted by molar-refractivity contribution is 5.78. The topological polar surface area (TPSA) is 60.2 Å². The van der Waals surface area contributed by atoms with E-state index in [1.807, 2.05) is 29.4 Å². The molecule has 0 N–H and O–H groups in total. The molecule has 6 heteroatoms. The average Bonchev–Trinajstić information content (AvgIpc) is 3.34. The van der Waals surface area contributed by atoms with E-state index >= 15 is 0 Å². The number of pyridine rings is 1. The van der Waals surface area contributed by atoms with Gasteiger partial charge in [-0.15, -0.1) is 0 Å². The number of fused-ring (bicyclic) bond motifs is 1. The van der Waals surface area contributed by atoms with Gasteiger partial charge in [0.05, 0.1) is 31.6 Å². The lowest BCUT2D eigenvalue weighted by atomic mass is 9.98. The zero-order chi connectivity index (χ0) is 17.2. The molecule has 0 radical (unpaired) electrons. The zero-order valence-corrected chi connectivity index (χ0v) is 14.6. The van der Waals surface area contributed by atoms with E-state index < -0.39 is 0 Å². The molecular weight excluding hydrogens is 316 g/mol. The van der Waals surface area contributed by atoms with Crippen molar-refractivity contribution in [2.45, 2.75) is 38.3 Å². The molecule has 1 aliphatic carbocycles. The first-order chi connectivity index (χ1) is 12.2. The molecule has 3 heterocycles. The minimum Gasteiger partial charge on any atom is -0.384 e. The molecule has 0 saturated heterocycles. The molecule has 0 aromatic carbocycles. The largest absolute Gasteiger partial charge is 0.384 e. The van der Waals surface area contributed by atoms with Crippen molar-refractivity contribution in [3.05, 3.63) is 47.8 Å². The summed E-state index contributed by atoms with van der Waals surface area (Å²) in [5, 5.41) is 0. The van der Waals surface area contributed by atoms with E-state index in [1.165, 1.54) is 18.5 Å². The molecule has 1 saturated carbocycles. The van der Waals surface area contributed by atoms with Crippen LogP contribution in [0.2, 0.25) is 0 Å². The van der Waals surface area contributed by atoms with Crippen LogP contribution in [0.1, 0.15) is 35.8 Å². The quantitative estimate of drug-likeness (QED) is 0.807. The maximum Gasteiger partial charge on any atom is 0.228 e. The van der Waals surface area contributed by atoms with E-state index in [-0.39, 0.29) is 11.8 Å². The number of nitrogens with zero attached hydrogens (tertiary/aromatic N) is 4. The Kier molecular flexibility index (Phi) is 4.53. The molecule has 4 rings (SSSR count). The van der Waals surface area contributed by atoms with Crippen molar-refractivity contribution in [1.82, 2.24) is 19.4 Å². The summed E-state index contributed by atoms with van der Waals surface area (Å²) in [4.78, 5) is 23.5. The van der Waals surface area contributed by atoms with Crippen molar-refractivity contribution < 1.29 is 9.53 Å². The Labute approximate surface area is 147 Å². The molecule has 2 aromatic heterocycles. The highest BCUT2D eigenvalue weighted by atomic mass is 16.5. The molecule has 132 valence electrons. The Morgan fingerprint density at radius 1 is 1.32 bits per heavy atom. The highest BCUT2D eigenvalue weighted by Gasteiger charge is 2.33. The summed E-state index contributed by atoms with van der Waals surface area (Å²) in [6.07, 6.45) is 6.63. The van der Waals surface area contributed by atoms with Crippen LogP contribution < -0.4 is 0 Å². The predicted octanol–water partition coefficient (Wildman–Crippen LogP) is 2.00. The van der Waals surface area contributed by atoms with E-state index in [9.17, 15) is 4.79 Å². The summed E-state index contributed by atoms with van der Waals surface area (Å²) >= 11 is 0. The number of amides is 1. The van der Waals surface area contributed by atoms with Crippen molar-refractivity contribution in [2.24, 2.45) is 5.92 Å². The number of imidazole rings is 1. The summed E-state index contributed by atoms with van der Waals surface area (Å²) in [5.74, 6) is 1.08. The van der Waals surface area contributed by atoms with Gasteiger partial charge in [0.25, 0.3) is 0 Å². The van der Waals surface area contributed by atoms with Crippen LogP contribution in [0.15, 0.2) is 30.7 Å². The maximum atomic E-state index is 12.7. The van der Waals surface area contributed by atoms with Crippen molar-refractivity contribution in [1.29, 1.82) is 0 Å². The summed E-state index contributed by atoms with van der Waals surface area (Å²) < 4.78 is 7.73. The second kappa shape index (κ2) is 6.96. The van der Waals surface area contributed by atoms with E-state index in [0.29, 0.717) is 26.1 Å². The van der Waals surface area contributed by atoms with Crippen molar-refractivity contribution in [3.63, 3.8) is 0 Å². The molecule has 1 aliphatic heterocycles. The summed E-state index contributed by atoms with van der Waals surface area (Å²) in [6, 6.07) is 5.67. The fraction of sp³-hybridized carbons (Fsp3) is 0.526. The average molecular weight is 340 g/mol. The third-order valence-electron chi connectivity index (χ3n) is 5.06. The van der Waals surface area contributed by atoms with Gasteiger partial charge in [-0.2, -0.15) is 0 Å². The molecule has 2 aliphatic rings. The monoisotopic (exact) mass is 340 g/mol. The van der Waals surface area contributed by atoms with Gasteiger partial charge in [-0.3, -0.25) is 9.78 Å². The number of hydrogen-bond donors (Lipinski definition) is 0. The lowest BCUT2D eigenvalue weighted by molar-refractivity contribution is -0.132. The van der Waals surface area contributed by atoms with Gasteiger partial charge < -0.3 is 14.2 Å². The fourth-order valence-electron chi connectivity index (χ4n) is 3.64. The van der Waals surface area contributed by atoms with Crippen LogP contribution in [-0.4, -0.2) is 45.6 Å². The van der Waals surface area contributed by atoms with Crippen LogP contribution in [0.5, 0.6) is 0 Å². The molecule has 0 unspecified atom stereocenters. The molecular formula is C19H24N4O2. The standard InChI is InChI=1S/C19H24N4O2/c1-25-12-15-10-22(18(24)8-16-4-2-3-7-20-16)11-17-19(15)23(13-21-17)9-14-5-6-14/h2-4,7,13-15H,5-6,8-12H2,1H3/t15-/m1/s1. The molecule has 2 aromatic rings. The Hall–Kier alpha value is -2.21. The number of methoxy groups -OCH3 is 1. The summed E-state index contributed by atoms with van der Waals surface area (Å²) in [7, 11) is 1.72. The number of carbonyl (C=O) groups is 1. The van der Waals surface area contributed by atoms with Crippen LogP contribution in [0.25, 0.3) is 0 Å².